The van der Waals surface area contributed by atoms with Gasteiger partial charge in [0.2, 0.25) is 0 Å². The molecular weight excluding hydrogens is 262 g/mol. The lowest BCUT2D eigenvalue weighted by molar-refractivity contribution is -0.106. The maximum atomic E-state index is 12.0. The fraction of sp³-hybridized carbons (Fsp3) is 0.611. The summed E-state index contributed by atoms with van der Waals surface area (Å²) in [4.78, 5) is 13.8. The van der Waals surface area contributed by atoms with Crippen molar-refractivity contribution in [3.05, 3.63) is 35.4 Å². The normalized spacial score (nSPS) is 34.6. The van der Waals surface area contributed by atoms with Gasteiger partial charge in [-0.2, -0.15) is 0 Å². The first kappa shape index (κ1) is 13.2. The van der Waals surface area contributed by atoms with Gasteiger partial charge < -0.3 is 5.11 Å². The highest BCUT2D eigenvalue weighted by molar-refractivity contribution is 5.68. The summed E-state index contributed by atoms with van der Waals surface area (Å²) in [6.07, 6.45) is 8.40. The summed E-state index contributed by atoms with van der Waals surface area (Å²) in [5.74, 6) is 0. The SMILES string of the molecule is O=C(O)N1CCCC23CCCCC12c1ccccc1CC3. The number of carboxylic acid groups (broad SMARTS) is 1. The van der Waals surface area contributed by atoms with Gasteiger partial charge in [0.05, 0.1) is 5.54 Å². The van der Waals surface area contributed by atoms with Crippen LogP contribution in [-0.4, -0.2) is 22.6 Å². The summed E-state index contributed by atoms with van der Waals surface area (Å²) in [7, 11) is 0. The number of hydrogen-bond donors (Lipinski definition) is 1. The molecule has 3 nitrogen and oxygen atoms in total. The van der Waals surface area contributed by atoms with Gasteiger partial charge in [0.1, 0.15) is 0 Å². The molecule has 2 fully saturated rings. The van der Waals surface area contributed by atoms with Gasteiger partial charge in [-0.3, -0.25) is 4.90 Å². The average molecular weight is 285 g/mol. The zero-order valence-electron chi connectivity index (χ0n) is 12.5. The van der Waals surface area contributed by atoms with Gasteiger partial charge in [-0.1, -0.05) is 37.1 Å². The first-order valence-electron chi connectivity index (χ1n) is 8.29. The van der Waals surface area contributed by atoms with E-state index in [2.05, 4.69) is 24.3 Å². The van der Waals surface area contributed by atoms with Gasteiger partial charge >= 0.3 is 6.09 Å². The molecule has 1 heterocycles. The van der Waals surface area contributed by atoms with Crippen LogP contribution in [0.3, 0.4) is 0 Å². The number of likely N-dealkylation sites (tertiary alicyclic amines) is 1. The van der Waals surface area contributed by atoms with Crippen molar-refractivity contribution >= 4 is 6.09 Å². The van der Waals surface area contributed by atoms with Gasteiger partial charge in [-0.15, -0.1) is 0 Å². The number of benzene rings is 1. The van der Waals surface area contributed by atoms with Gasteiger partial charge in [-0.25, -0.2) is 4.79 Å². The third kappa shape index (κ3) is 1.58. The van der Waals surface area contributed by atoms with Crippen molar-refractivity contribution in [1.29, 1.82) is 0 Å². The second-order valence-electron chi connectivity index (χ2n) is 7.04. The lowest BCUT2D eigenvalue weighted by Gasteiger charge is -2.63. The van der Waals surface area contributed by atoms with Crippen LogP contribution in [0.2, 0.25) is 0 Å². The van der Waals surface area contributed by atoms with Gasteiger partial charge in [0.15, 0.2) is 0 Å². The molecule has 3 aliphatic rings. The standard InChI is InChI=1S/C18H23NO2/c20-16(21)19-13-5-10-17-9-3-4-11-18(17,19)15-7-2-1-6-14(15)8-12-17/h1-2,6-7H,3-5,8-13H2,(H,20,21). The molecule has 1 saturated carbocycles. The Labute approximate surface area is 126 Å². The summed E-state index contributed by atoms with van der Waals surface area (Å²) in [6, 6.07) is 8.60. The number of piperidine rings is 1. The monoisotopic (exact) mass is 285 g/mol. The minimum absolute atomic E-state index is 0.191. The van der Waals surface area contributed by atoms with Crippen LogP contribution >= 0.6 is 0 Å². The van der Waals surface area contributed by atoms with Crippen LogP contribution in [0.1, 0.15) is 56.1 Å². The highest BCUT2D eigenvalue weighted by atomic mass is 16.4. The summed E-state index contributed by atoms with van der Waals surface area (Å²) in [6.45, 7) is 0.700. The summed E-state index contributed by atoms with van der Waals surface area (Å²) in [5.41, 5.74) is 2.64. The molecule has 2 atom stereocenters. The second-order valence-corrected chi connectivity index (χ2v) is 7.04. The Balaban J connectivity index is 1.97. The van der Waals surface area contributed by atoms with Gasteiger partial charge in [-0.05, 0) is 55.1 Å². The van der Waals surface area contributed by atoms with E-state index in [4.69, 9.17) is 0 Å². The van der Waals surface area contributed by atoms with Crippen LogP contribution in [0, 0.1) is 5.41 Å². The Hall–Kier alpha value is -1.51. The van der Waals surface area contributed by atoms with Crippen molar-refractivity contribution in [2.75, 3.05) is 6.54 Å². The van der Waals surface area contributed by atoms with Crippen LogP contribution in [-0.2, 0) is 12.0 Å². The summed E-state index contributed by atoms with van der Waals surface area (Å²) in [5, 5.41) is 9.86. The number of aryl methyl sites for hydroxylation is 1. The molecule has 21 heavy (non-hydrogen) atoms. The van der Waals surface area contributed by atoms with Crippen molar-refractivity contribution in [1.82, 2.24) is 4.90 Å². The van der Waals surface area contributed by atoms with Crippen LogP contribution in [0.5, 0.6) is 0 Å². The number of amides is 1. The van der Waals surface area contributed by atoms with Gasteiger partial charge in [0, 0.05) is 6.54 Å². The van der Waals surface area contributed by atoms with E-state index in [0.717, 1.165) is 32.1 Å². The highest BCUT2D eigenvalue weighted by Gasteiger charge is 2.61. The van der Waals surface area contributed by atoms with Crippen LogP contribution in [0.4, 0.5) is 4.79 Å². The summed E-state index contributed by atoms with van der Waals surface area (Å²) < 4.78 is 0. The Morgan fingerprint density at radius 1 is 1.05 bits per heavy atom. The summed E-state index contributed by atoms with van der Waals surface area (Å²) >= 11 is 0. The van der Waals surface area contributed by atoms with Crippen molar-refractivity contribution in [2.45, 2.75) is 56.9 Å². The lowest BCUT2D eigenvalue weighted by Crippen LogP contribution is -2.65. The minimum atomic E-state index is -0.724. The molecule has 0 bridgehead atoms. The number of carbonyl (C=O) groups is 1. The predicted octanol–water partition coefficient (Wildman–Crippen LogP) is 4.16. The Morgan fingerprint density at radius 3 is 2.67 bits per heavy atom. The maximum Gasteiger partial charge on any atom is 0.408 e. The lowest BCUT2D eigenvalue weighted by atomic mass is 9.49. The number of nitrogens with zero attached hydrogens (tertiary/aromatic N) is 1. The van der Waals surface area contributed by atoms with Crippen molar-refractivity contribution < 1.29 is 9.90 Å². The second kappa shape index (κ2) is 4.49. The van der Waals surface area contributed by atoms with Crippen LogP contribution in [0.25, 0.3) is 0 Å². The molecular formula is C18H23NO2. The van der Waals surface area contributed by atoms with E-state index in [0.29, 0.717) is 6.54 Å². The fourth-order valence-corrected chi connectivity index (χ4v) is 5.63. The van der Waals surface area contributed by atoms with E-state index in [1.165, 1.54) is 30.4 Å². The van der Waals surface area contributed by atoms with Crippen molar-refractivity contribution in [3.8, 4) is 0 Å². The van der Waals surface area contributed by atoms with E-state index in [1.807, 2.05) is 4.90 Å². The van der Waals surface area contributed by atoms with Gasteiger partial charge in [0.25, 0.3) is 0 Å². The fourth-order valence-electron chi connectivity index (χ4n) is 5.63. The number of rotatable bonds is 0. The zero-order valence-corrected chi connectivity index (χ0v) is 12.5. The quantitative estimate of drug-likeness (QED) is 0.777. The van der Waals surface area contributed by atoms with Crippen LogP contribution in [0.15, 0.2) is 24.3 Å². The zero-order chi connectivity index (χ0) is 14.5. The van der Waals surface area contributed by atoms with E-state index in [-0.39, 0.29) is 11.0 Å². The van der Waals surface area contributed by atoms with E-state index in [1.54, 1.807) is 0 Å². The highest BCUT2D eigenvalue weighted by Crippen LogP contribution is 2.63. The largest absolute Gasteiger partial charge is 0.465 e. The molecule has 2 aliphatic carbocycles. The number of hydrogen-bond acceptors (Lipinski definition) is 1. The Kier molecular flexibility index (Phi) is 2.82. The maximum absolute atomic E-state index is 12.0. The third-order valence-electron chi connectivity index (χ3n) is 6.39. The molecule has 2 unspecified atom stereocenters. The first-order chi connectivity index (χ1) is 10.2. The predicted molar refractivity (Wildman–Crippen MR) is 81.3 cm³/mol. The molecule has 1 saturated heterocycles. The number of fused-ring (bicyclic) bond motifs is 1. The Bertz CT molecular complexity index is 580. The molecule has 0 aromatic heterocycles. The molecule has 112 valence electrons. The van der Waals surface area contributed by atoms with E-state index >= 15 is 0 Å². The minimum Gasteiger partial charge on any atom is -0.465 e. The molecule has 0 radical (unpaired) electrons. The molecule has 1 aromatic carbocycles. The van der Waals surface area contributed by atoms with Crippen molar-refractivity contribution in [2.24, 2.45) is 5.41 Å². The van der Waals surface area contributed by atoms with Crippen LogP contribution < -0.4 is 0 Å². The van der Waals surface area contributed by atoms with Crippen molar-refractivity contribution in [3.63, 3.8) is 0 Å². The first-order valence-corrected chi connectivity index (χ1v) is 8.29. The topological polar surface area (TPSA) is 40.5 Å². The molecule has 4 rings (SSSR count). The molecule has 1 aromatic rings. The average Bonchev–Trinajstić information content (AvgIpc) is 2.53. The van der Waals surface area contributed by atoms with E-state index < -0.39 is 6.09 Å². The molecule has 1 N–H and O–H groups in total. The molecule has 0 spiro atoms. The molecule has 3 heteroatoms. The third-order valence-corrected chi connectivity index (χ3v) is 6.39. The molecule has 1 aliphatic heterocycles. The molecule has 1 amide bonds. The Morgan fingerprint density at radius 2 is 1.81 bits per heavy atom. The smallest absolute Gasteiger partial charge is 0.408 e. The van der Waals surface area contributed by atoms with E-state index in [9.17, 15) is 9.90 Å².